The molecular weight excluding hydrogens is 216 g/mol. The molecule has 3 heteroatoms. The zero-order valence-corrected chi connectivity index (χ0v) is 11.8. The molecule has 0 bridgehead atoms. The van der Waals surface area contributed by atoms with Crippen molar-refractivity contribution in [1.29, 1.82) is 0 Å². The van der Waals surface area contributed by atoms with Gasteiger partial charge in [-0.25, -0.2) is 4.98 Å². The van der Waals surface area contributed by atoms with Gasteiger partial charge in [0.15, 0.2) is 0 Å². The van der Waals surface area contributed by atoms with Gasteiger partial charge in [-0.3, -0.25) is 0 Å². The molecule has 16 heavy (non-hydrogen) atoms. The molecule has 0 aliphatic carbocycles. The van der Waals surface area contributed by atoms with Gasteiger partial charge >= 0.3 is 0 Å². The predicted molar refractivity (Wildman–Crippen MR) is 71.5 cm³/mol. The summed E-state index contributed by atoms with van der Waals surface area (Å²) in [7, 11) is 0. The third-order valence-electron chi connectivity index (χ3n) is 2.75. The molecule has 1 N–H and O–H groups in total. The van der Waals surface area contributed by atoms with Crippen molar-refractivity contribution in [3.05, 3.63) is 21.7 Å². The number of aryl methyl sites for hydroxylation is 1. The summed E-state index contributed by atoms with van der Waals surface area (Å²) in [6, 6.07) is 0. The summed E-state index contributed by atoms with van der Waals surface area (Å²) >= 11 is 5.32. The highest BCUT2D eigenvalue weighted by molar-refractivity contribution is 7.71. The third-order valence-corrected chi connectivity index (χ3v) is 3.14. The van der Waals surface area contributed by atoms with Crippen molar-refractivity contribution >= 4 is 12.2 Å². The number of hydrogen-bond donors (Lipinski definition) is 1. The SMILES string of the molecule is CCCCc1[nH]c(C(C)(C)C)nc(=S)c1C. The van der Waals surface area contributed by atoms with Gasteiger partial charge < -0.3 is 4.98 Å². The average Bonchev–Trinajstić information content (AvgIpc) is 2.18. The van der Waals surface area contributed by atoms with E-state index < -0.39 is 0 Å². The second-order valence-electron chi connectivity index (χ2n) is 5.35. The van der Waals surface area contributed by atoms with Gasteiger partial charge in [-0.05, 0) is 19.8 Å². The molecule has 0 aliphatic heterocycles. The number of nitrogens with one attached hydrogen (secondary N) is 1. The maximum atomic E-state index is 5.32. The highest BCUT2D eigenvalue weighted by Gasteiger charge is 2.17. The van der Waals surface area contributed by atoms with Crippen molar-refractivity contribution in [3.8, 4) is 0 Å². The molecule has 1 heterocycles. The van der Waals surface area contributed by atoms with Gasteiger partial charge in [-0.2, -0.15) is 0 Å². The number of H-pyrrole nitrogens is 1. The van der Waals surface area contributed by atoms with Gasteiger partial charge in [0.2, 0.25) is 0 Å². The molecule has 0 saturated heterocycles. The van der Waals surface area contributed by atoms with Crippen LogP contribution in [0.15, 0.2) is 0 Å². The lowest BCUT2D eigenvalue weighted by molar-refractivity contribution is 0.537. The second kappa shape index (κ2) is 5.09. The van der Waals surface area contributed by atoms with Crippen LogP contribution in [-0.4, -0.2) is 9.97 Å². The van der Waals surface area contributed by atoms with E-state index in [1.54, 1.807) is 0 Å². The minimum absolute atomic E-state index is 0.0300. The van der Waals surface area contributed by atoms with E-state index in [0.717, 1.165) is 22.4 Å². The Labute approximate surface area is 104 Å². The van der Waals surface area contributed by atoms with Crippen LogP contribution in [0.2, 0.25) is 0 Å². The van der Waals surface area contributed by atoms with Crippen molar-refractivity contribution in [3.63, 3.8) is 0 Å². The number of nitrogens with zero attached hydrogens (tertiary/aromatic N) is 1. The highest BCUT2D eigenvalue weighted by Crippen LogP contribution is 2.20. The Morgan fingerprint density at radius 1 is 1.31 bits per heavy atom. The fraction of sp³-hybridized carbons (Fsp3) is 0.692. The van der Waals surface area contributed by atoms with Crippen LogP contribution in [-0.2, 0) is 11.8 Å². The Morgan fingerprint density at radius 3 is 2.44 bits per heavy atom. The minimum Gasteiger partial charge on any atom is -0.346 e. The van der Waals surface area contributed by atoms with Crippen LogP contribution in [0.4, 0.5) is 0 Å². The van der Waals surface area contributed by atoms with Crippen molar-refractivity contribution in [2.24, 2.45) is 0 Å². The number of aromatic amines is 1. The molecule has 0 aliphatic rings. The van der Waals surface area contributed by atoms with Crippen molar-refractivity contribution < 1.29 is 0 Å². The van der Waals surface area contributed by atoms with Crippen molar-refractivity contribution in [1.82, 2.24) is 9.97 Å². The average molecular weight is 238 g/mol. The number of aromatic nitrogens is 2. The zero-order valence-electron chi connectivity index (χ0n) is 11.0. The fourth-order valence-corrected chi connectivity index (χ4v) is 1.75. The first-order valence-corrected chi connectivity index (χ1v) is 6.37. The maximum absolute atomic E-state index is 5.32. The fourth-order valence-electron chi connectivity index (χ4n) is 1.54. The molecule has 1 aromatic heterocycles. The Hall–Kier alpha value is -0.700. The van der Waals surface area contributed by atoms with E-state index in [1.165, 1.54) is 18.5 Å². The smallest absolute Gasteiger partial charge is 0.132 e. The lowest BCUT2D eigenvalue weighted by Crippen LogP contribution is -2.18. The van der Waals surface area contributed by atoms with E-state index in [9.17, 15) is 0 Å². The van der Waals surface area contributed by atoms with E-state index >= 15 is 0 Å². The van der Waals surface area contributed by atoms with Crippen LogP contribution in [0.25, 0.3) is 0 Å². The van der Waals surface area contributed by atoms with E-state index in [4.69, 9.17) is 12.2 Å². The summed E-state index contributed by atoms with van der Waals surface area (Å²) in [5, 5.41) is 0. The summed E-state index contributed by atoms with van der Waals surface area (Å²) in [5.74, 6) is 0.995. The summed E-state index contributed by atoms with van der Waals surface area (Å²) in [6.07, 6.45) is 3.46. The Balaban J connectivity index is 3.17. The molecule has 1 aromatic rings. The molecule has 1 rings (SSSR count). The van der Waals surface area contributed by atoms with Gasteiger partial charge in [0.05, 0.1) is 0 Å². The van der Waals surface area contributed by atoms with Crippen LogP contribution >= 0.6 is 12.2 Å². The summed E-state index contributed by atoms with van der Waals surface area (Å²) in [5.41, 5.74) is 2.42. The molecule has 0 fully saturated rings. The van der Waals surface area contributed by atoms with Gasteiger partial charge in [0.25, 0.3) is 0 Å². The third kappa shape index (κ3) is 3.14. The van der Waals surface area contributed by atoms with Crippen LogP contribution < -0.4 is 0 Å². The molecule has 0 saturated carbocycles. The van der Waals surface area contributed by atoms with Gasteiger partial charge in [-0.15, -0.1) is 0 Å². The predicted octanol–water partition coefficient (Wildman–Crippen LogP) is 4.09. The first-order chi connectivity index (χ1) is 7.36. The molecule has 0 amide bonds. The molecular formula is C13H22N2S. The van der Waals surface area contributed by atoms with Crippen LogP contribution in [0, 0.1) is 11.6 Å². The second-order valence-corrected chi connectivity index (χ2v) is 5.73. The van der Waals surface area contributed by atoms with Crippen LogP contribution in [0.3, 0.4) is 0 Å². The minimum atomic E-state index is 0.0300. The topological polar surface area (TPSA) is 28.7 Å². The van der Waals surface area contributed by atoms with Gasteiger partial charge in [0, 0.05) is 16.7 Å². The highest BCUT2D eigenvalue weighted by atomic mass is 32.1. The molecule has 90 valence electrons. The number of hydrogen-bond acceptors (Lipinski definition) is 2. The lowest BCUT2D eigenvalue weighted by Gasteiger charge is -2.19. The van der Waals surface area contributed by atoms with E-state index in [-0.39, 0.29) is 5.41 Å². The normalized spacial score (nSPS) is 11.8. The zero-order chi connectivity index (χ0) is 12.3. The molecule has 0 unspecified atom stereocenters. The molecule has 0 spiro atoms. The first kappa shape index (κ1) is 13.4. The Bertz CT molecular complexity index is 413. The van der Waals surface area contributed by atoms with Gasteiger partial charge in [-0.1, -0.05) is 46.3 Å². The van der Waals surface area contributed by atoms with Crippen molar-refractivity contribution in [2.75, 3.05) is 0 Å². The summed E-state index contributed by atoms with van der Waals surface area (Å²) in [4.78, 5) is 7.92. The number of unbranched alkanes of at least 4 members (excludes halogenated alkanes) is 1. The first-order valence-electron chi connectivity index (χ1n) is 5.96. The quantitative estimate of drug-likeness (QED) is 0.804. The molecule has 2 nitrogen and oxygen atoms in total. The summed E-state index contributed by atoms with van der Waals surface area (Å²) < 4.78 is 0.745. The standard InChI is InChI=1S/C13H22N2S/c1-6-7-8-10-9(2)11(16)15-12(14-10)13(3,4)5/h6-8H2,1-5H3,(H,14,15,16). The van der Waals surface area contributed by atoms with Gasteiger partial charge in [0.1, 0.15) is 10.5 Å². The molecule has 0 atom stereocenters. The maximum Gasteiger partial charge on any atom is 0.132 e. The largest absolute Gasteiger partial charge is 0.346 e. The number of rotatable bonds is 3. The Kier molecular flexibility index (Phi) is 4.25. The van der Waals surface area contributed by atoms with Crippen LogP contribution in [0.1, 0.15) is 57.6 Å². The monoisotopic (exact) mass is 238 g/mol. The lowest BCUT2D eigenvalue weighted by atomic mass is 9.95. The molecule has 0 radical (unpaired) electrons. The Morgan fingerprint density at radius 2 is 1.94 bits per heavy atom. The molecule has 0 aromatic carbocycles. The summed E-state index contributed by atoms with van der Waals surface area (Å²) in [6.45, 7) is 10.7. The van der Waals surface area contributed by atoms with Crippen LogP contribution in [0.5, 0.6) is 0 Å². The van der Waals surface area contributed by atoms with E-state index in [2.05, 4.69) is 44.6 Å². The van der Waals surface area contributed by atoms with E-state index in [1.807, 2.05) is 0 Å². The van der Waals surface area contributed by atoms with E-state index in [0.29, 0.717) is 0 Å². The van der Waals surface area contributed by atoms with Crippen molar-refractivity contribution in [2.45, 2.75) is 59.3 Å².